The Bertz CT molecular complexity index is 555. The highest BCUT2D eigenvalue weighted by Crippen LogP contribution is 2.20. The molecule has 0 aliphatic carbocycles. The van der Waals surface area contributed by atoms with Gasteiger partial charge in [-0.05, 0) is 18.2 Å². The second-order valence-electron chi connectivity index (χ2n) is 4.85. The Labute approximate surface area is 123 Å². The molecule has 0 spiro atoms. The van der Waals surface area contributed by atoms with Gasteiger partial charge in [-0.15, -0.1) is 0 Å². The third kappa shape index (κ3) is 3.23. The second-order valence-corrected chi connectivity index (χ2v) is 4.85. The average Bonchev–Trinajstić information content (AvgIpc) is 2.50. The van der Waals surface area contributed by atoms with Crippen molar-refractivity contribution >= 4 is 5.91 Å². The van der Waals surface area contributed by atoms with Gasteiger partial charge < -0.3 is 30.5 Å². The number of carbonyl (C=O) groups is 1. The molecule has 0 radical (unpaired) electrons. The van der Waals surface area contributed by atoms with Crippen LogP contribution in [0, 0.1) is 11.6 Å². The molecule has 2 rings (SSSR count). The number of ether oxygens (including phenoxy) is 1. The van der Waals surface area contributed by atoms with Crippen molar-refractivity contribution in [2.24, 2.45) is 0 Å². The van der Waals surface area contributed by atoms with Gasteiger partial charge in [0, 0.05) is 5.56 Å². The fraction of sp³-hybridized carbons (Fsp3) is 0.462. The van der Waals surface area contributed by atoms with Gasteiger partial charge >= 0.3 is 0 Å². The molecule has 1 aromatic carbocycles. The normalized spacial score (nSPS) is 31.8. The van der Waals surface area contributed by atoms with Gasteiger partial charge in [-0.1, -0.05) is 0 Å². The first-order chi connectivity index (χ1) is 10.3. The van der Waals surface area contributed by atoms with E-state index in [1.165, 1.54) is 0 Å². The van der Waals surface area contributed by atoms with Crippen molar-refractivity contribution < 1.29 is 38.7 Å². The molecular formula is C13H15F2NO6. The first kappa shape index (κ1) is 16.7. The zero-order valence-electron chi connectivity index (χ0n) is 11.2. The summed E-state index contributed by atoms with van der Waals surface area (Å²) in [5, 5.41) is 40.1. The minimum absolute atomic E-state index is 0.226. The van der Waals surface area contributed by atoms with Crippen LogP contribution in [0.2, 0.25) is 0 Å². The van der Waals surface area contributed by atoms with E-state index in [1.807, 2.05) is 0 Å². The molecule has 0 aromatic heterocycles. The van der Waals surface area contributed by atoms with E-state index in [9.17, 15) is 28.9 Å². The lowest BCUT2D eigenvalue weighted by molar-refractivity contribution is -0.233. The monoisotopic (exact) mass is 319 g/mol. The Kier molecular flexibility index (Phi) is 5.04. The van der Waals surface area contributed by atoms with Crippen molar-refractivity contribution in [3.8, 4) is 0 Å². The number of aliphatic hydroxyl groups is 4. The van der Waals surface area contributed by atoms with E-state index in [0.29, 0.717) is 6.07 Å². The van der Waals surface area contributed by atoms with Gasteiger partial charge in [-0.3, -0.25) is 4.79 Å². The van der Waals surface area contributed by atoms with Gasteiger partial charge in [0.15, 0.2) is 17.9 Å². The smallest absolute Gasteiger partial charge is 0.253 e. The Balaban J connectivity index is 2.11. The maximum Gasteiger partial charge on any atom is 0.253 e. The third-order valence-corrected chi connectivity index (χ3v) is 3.35. The zero-order chi connectivity index (χ0) is 16.4. The van der Waals surface area contributed by atoms with Crippen LogP contribution >= 0.6 is 0 Å². The highest BCUT2D eigenvalue weighted by atomic mass is 19.2. The summed E-state index contributed by atoms with van der Waals surface area (Å²) < 4.78 is 31.0. The number of benzene rings is 1. The maximum atomic E-state index is 13.1. The molecule has 1 fully saturated rings. The summed E-state index contributed by atoms with van der Waals surface area (Å²) in [5.74, 6) is -3.23. The van der Waals surface area contributed by atoms with Gasteiger partial charge in [-0.25, -0.2) is 8.78 Å². The Hall–Kier alpha value is -1.65. The van der Waals surface area contributed by atoms with Crippen molar-refractivity contribution in [1.29, 1.82) is 0 Å². The van der Waals surface area contributed by atoms with E-state index >= 15 is 0 Å². The molecule has 1 amide bonds. The Morgan fingerprint density at radius 2 is 1.82 bits per heavy atom. The molecular weight excluding hydrogens is 304 g/mol. The number of carbonyl (C=O) groups excluding carboxylic acids is 1. The lowest BCUT2D eigenvalue weighted by Crippen LogP contribution is -2.63. The number of hydrogen-bond donors (Lipinski definition) is 5. The molecule has 1 saturated heterocycles. The SMILES string of the molecule is O=C(NC1O[C@H](CO)[C@@H](O)[C@H](O)[C@H]1O)c1ccc(F)c(F)c1. The summed E-state index contributed by atoms with van der Waals surface area (Å²) in [6.45, 7) is -0.650. The minimum Gasteiger partial charge on any atom is -0.394 e. The van der Waals surface area contributed by atoms with Crippen LogP contribution in [0.15, 0.2) is 18.2 Å². The number of aliphatic hydroxyl groups excluding tert-OH is 4. The lowest BCUT2D eigenvalue weighted by atomic mass is 9.98. The van der Waals surface area contributed by atoms with E-state index in [1.54, 1.807) is 0 Å². The quantitative estimate of drug-likeness (QED) is 0.462. The summed E-state index contributed by atoms with van der Waals surface area (Å²) in [6.07, 6.45) is -7.49. The highest BCUT2D eigenvalue weighted by Gasteiger charge is 2.44. The Morgan fingerprint density at radius 3 is 2.41 bits per heavy atom. The molecule has 9 heteroatoms. The number of rotatable bonds is 3. The van der Waals surface area contributed by atoms with E-state index in [4.69, 9.17) is 9.84 Å². The van der Waals surface area contributed by atoms with Crippen LogP contribution in [0.5, 0.6) is 0 Å². The molecule has 7 nitrogen and oxygen atoms in total. The summed E-state index contributed by atoms with van der Waals surface area (Å²) in [7, 11) is 0. The van der Waals surface area contributed by atoms with Crippen molar-refractivity contribution in [3.05, 3.63) is 35.4 Å². The molecule has 0 saturated carbocycles. The van der Waals surface area contributed by atoms with Crippen LogP contribution in [-0.4, -0.2) is 63.6 Å². The Morgan fingerprint density at radius 1 is 1.14 bits per heavy atom. The number of halogens is 2. The van der Waals surface area contributed by atoms with Crippen LogP contribution in [0.4, 0.5) is 8.78 Å². The number of amides is 1. The summed E-state index contributed by atoms with van der Waals surface area (Å²) in [4.78, 5) is 11.9. The van der Waals surface area contributed by atoms with Crippen LogP contribution in [-0.2, 0) is 4.74 Å². The van der Waals surface area contributed by atoms with Crippen molar-refractivity contribution in [3.63, 3.8) is 0 Å². The van der Waals surface area contributed by atoms with Crippen LogP contribution in [0.1, 0.15) is 10.4 Å². The standard InChI is InChI=1S/C13H15F2NO6/c14-6-2-1-5(3-7(6)15)12(21)16-13-11(20)10(19)9(18)8(4-17)22-13/h1-3,8-11,13,17-20H,4H2,(H,16,21)/t8-,9-,10+,11-,13?/m1/s1. The van der Waals surface area contributed by atoms with E-state index < -0.39 is 54.8 Å². The zero-order valence-corrected chi connectivity index (χ0v) is 11.2. The van der Waals surface area contributed by atoms with Gasteiger partial charge in [0.2, 0.25) is 0 Å². The minimum atomic E-state index is -1.66. The van der Waals surface area contributed by atoms with Gasteiger partial charge in [0.1, 0.15) is 24.4 Å². The van der Waals surface area contributed by atoms with Gasteiger partial charge in [-0.2, -0.15) is 0 Å². The van der Waals surface area contributed by atoms with Crippen molar-refractivity contribution in [2.75, 3.05) is 6.61 Å². The van der Waals surface area contributed by atoms with Crippen molar-refractivity contribution in [1.82, 2.24) is 5.32 Å². The summed E-state index contributed by atoms with van der Waals surface area (Å²) in [6, 6.07) is 2.45. The van der Waals surface area contributed by atoms with Gasteiger partial charge in [0.25, 0.3) is 5.91 Å². The van der Waals surface area contributed by atoms with Crippen LogP contribution in [0.25, 0.3) is 0 Å². The molecule has 1 aliphatic rings. The molecule has 5 N–H and O–H groups in total. The molecule has 122 valence electrons. The van der Waals surface area contributed by atoms with E-state index in [-0.39, 0.29) is 5.56 Å². The molecule has 22 heavy (non-hydrogen) atoms. The predicted octanol–water partition coefficient (Wildman–Crippen LogP) is -1.51. The topological polar surface area (TPSA) is 119 Å². The molecule has 1 heterocycles. The highest BCUT2D eigenvalue weighted by molar-refractivity contribution is 5.94. The molecule has 1 unspecified atom stereocenters. The molecule has 0 bridgehead atoms. The first-order valence-electron chi connectivity index (χ1n) is 6.41. The lowest BCUT2D eigenvalue weighted by Gasteiger charge is -2.40. The van der Waals surface area contributed by atoms with E-state index in [0.717, 1.165) is 12.1 Å². The first-order valence-corrected chi connectivity index (χ1v) is 6.41. The van der Waals surface area contributed by atoms with Crippen LogP contribution in [0.3, 0.4) is 0 Å². The molecule has 1 aromatic rings. The second kappa shape index (κ2) is 6.63. The number of nitrogens with one attached hydrogen (secondary N) is 1. The molecule has 5 atom stereocenters. The van der Waals surface area contributed by atoms with Crippen molar-refractivity contribution in [2.45, 2.75) is 30.6 Å². The maximum absolute atomic E-state index is 13.1. The number of hydrogen-bond acceptors (Lipinski definition) is 6. The third-order valence-electron chi connectivity index (χ3n) is 3.35. The fourth-order valence-electron chi connectivity index (χ4n) is 2.07. The van der Waals surface area contributed by atoms with E-state index in [2.05, 4.69) is 5.32 Å². The fourth-order valence-corrected chi connectivity index (χ4v) is 2.07. The predicted molar refractivity (Wildman–Crippen MR) is 67.6 cm³/mol. The largest absolute Gasteiger partial charge is 0.394 e. The van der Waals surface area contributed by atoms with Crippen LogP contribution < -0.4 is 5.32 Å². The van der Waals surface area contributed by atoms with Gasteiger partial charge in [0.05, 0.1) is 6.61 Å². The summed E-state index contributed by atoms with van der Waals surface area (Å²) >= 11 is 0. The summed E-state index contributed by atoms with van der Waals surface area (Å²) in [5.41, 5.74) is -0.226. The average molecular weight is 319 g/mol. The molecule has 1 aliphatic heterocycles.